The Kier molecular flexibility index (Phi) is 7.42. The van der Waals surface area contributed by atoms with E-state index in [4.69, 9.17) is 14.7 Å². The van der Waals surface area contributed by atoms with Crippen LogP contribution in [0.15, 0.2) is 0 Å². The van der Waals surface area contributed by atoms with Gasteiger partial charge in [0, 0.05) is 5.41 Å². The summed E-state index contributed by atoms with van der Waals surface area (Å²) in [6.45, 7) is 7.71. The Balaban J connectivity index is 0. The summed E-state index contributed by atoms with van der Waals surface area (Å²) in [4.78, 5) is 16.2. The molecule has 0 radical (unpaired) electrons. The minimum atomic E-state index is -0.496. The first-order valence-electron chi connectivity index (χ1n) is 3.53. The topological polar surface area (TPSA) is 54.4 Å². The smallest absolute Gasteiger partial charge is 0.373 e. The molecule has 3 heteroatoms. The summed E-state index contributed by atoms with van der Waals surface area (Å²) in [7, 11) is 0. The van der Waals surface area contributed by atoms with Gasteiger partial charge in [-0.1, -0.05) is 11.8 Å². The molecule has 3 nitrogen and oxygen atoms in total. The molecule has 1 N–H and O–H groups in total. The van der Waals surface area contributed by atoms with Crippen LogP contribution < -0.4 is 0 Å². The largest absolute Gasteiger partial charge is 0.381 e. The van der Waals surface area contributed by atoms with Gasteiger partial charge in [-0.15, -0.1) is 0 Å². The van der Waals surface area contributed by atoms with E-state index in [2.05, 4.69) is 11.8 Å². The normalized spacial score (nSPS) is 11.1. The van der Waals surface area contributed by atoms with Gasteiger partial charge in [0.25, 0.3) is 0 Å². The second-order valence-electron chi connectivity index (χ2n) is 3.28. The molecule has 12 heavy (non-hydrogen) atoms. The maximum atomic E-state index is 8.74. The highest BCUT2D eigenvalue weighted by molar-refractivity contribution is 5.20. The highest BCUT2D eigenvalue weighted by Gasteiger charge is 2.03. The van der Waals surface area contributed by atoms with Crippen LogP contribution in [0.2, 0.25) is 0 Å². The van der Waals surface area contributed by atoms with E-state index in [1.54, 1.807) is 6.92 Å². The first kappa shape index (κ1) is 13.5. The maximum Gasteiger partial charge on any atom is 0.373 e. The number of aliphatic hydroxyl groups is 1. The van der Waals surface area contributed by atoms with Crippen molar-refractivity contribution in [2.45, 2.75) is 33.8 Å². The van der Waals surface area contributed by atoms with Gasteiger partial charge in [0.1, 0.15) is 6.10 Å². The molecule has 1 unspecified atom stereocenters. The Morgan fingerprint density at radius 1 is 1.25 bits per heavy atom. The molecule has 0 spiro atoms. The van der Waals surface area contributed by atoms with Gasteiger partial charge in [-0.05, 0) is 27.7 Å². The summed E-state index contributed by atoms with van der Waals surface area (Å²) < 4.78 is 0. The first-order chi connectivity index (χ1) is 5.33. The SMILES string of the molecule is CC(O)C#CC(C)(C)C.O=C=O. The van der Waals surface area contributed by atoms with E-state index in [0.29, 0.717) is 0 Å². The van der Waals surface area contributed by atoms with E-state index < -0.39 is 6.10 Å². The molecule has 0 aliphatic rings. The lowest BCUT2D eigenvalue weighted by Crippen LogP contribution is -2.02. The van der Waals surface area contributed by atoms with Crippen LogP contribution in [0.1, 0.15) is 27.7 Å². The van der Waals surface area contributed by atoms with E-state index in [-0.39, 0.29) is 11.6 Å². The predicted molar refractivity (Wildman–Crippen MR) is 43.9 cm³/mol. The average molecular weight is 170 g/mol. The van der Waals surface area contributed by atoms with Crippen molar-refractivity contribution < 1.29 is 14.7 Å². The molecule has 0 rings (SSSR count). The standard InChI is InChI=1S/C8H14O.CO2/c1-7(9)5-6-8(2,3)4;2-1-3/h7,9H,1-4H3;. The zero-order valence-electron chi connectivity index (χ0n) is 7.84. The molecule has 0 amide bonds. The van der Waals surface area contributed by atoms with E-state index in [1.165, 1.54) is 0 Å². The monoisotopic (exact) mass is 170 g/mol. The molecule has 0 bridgehead atoms. The van der Waals surface area contributed by atoms with Gasteiger partial charge in [0.2, 0.25) is 0 Å². The van der Waals surface area contributed by atoms with E-state index in [1.807, 2.05) is 20.8 Å². The maximum absolute atomic E-state index is 8.74. The fourth-order valence-corrected chi connectivity index (χ4v) is 0.321. The number of hydrogen-bond donors (Lipinski definition) is 1. The minimum Gasteiger partial charge on any atom is -0.381 e. The Morgan fingerprint density at radius 2 is 1.58 bits per heavy atom. The third-order valence-corrected chi connectivity index (χ3v) is 0.656. The number of hydrogen-bond acceptors (Lipinski definition) is 3. The number of rotatable bonds is 0. The van der Waals surface area contributed by atoms with Crippen molar-refractivity contribution in [2.75, 3.05) is 0 Å². The highest BCUT2D eigenvalue weighted by Crippen LogP contribution is 2.09. The molecule has 0 saturated carbocycles. The summed E-state index contributed by atoms with van der Waals surface area (Å²) in [6, 6.07) is 0. The fraction of sp³-hybridized carbons (Fsp3) is 0.667. The van der Waals surface area contributed by atoms with Crippen molar-refractivity contribution in [3.05, 3.63) is 0 Å². The molecule has 0 fully saturated rings. The van der Waals surface area contributed by atoms with E-state index in [9.17, 15) is 0 Å². The molecule has 0 saturated heterocycles. The van der Waals surface area contributed by atoms with Gasteiger partial charge >= 0.3 is 6.15 Å². The molecular weight excluding hydrogens is 156 g/mol. The van der Waals surface area contributed by atoms with Crippen molar-refractivity contribution >= 4 is 6.15 Å². The van der Waals surface area contributed by atoms with E-state index in [0.717, 1.165) is 0 Å². The van der Waals surface area contributed by atoms with Crippen molar-refractivity contribution in [1.29, 1.82) is 0 Å². The summed E-state index contributed by atoms with van der Waals surface area (Å²) in [5.74, 6) is 5.61. The Morgan fingerprint density at radius 3 is 1.67 bits per heavy atom. The minimum absolute atomic E-state index is 0.0109. The Bertz CT molecular complexity index is 194. The summed E-state index contributed by atoms with van der Waals surface area (Å²) in [5.41, 5.74) is 0.0109. The van der Waals surface area contributed by atoms with Gasteiger partial charge < -0.3 is 5.11 Å². The highest BCUT2D eigenvalue weighted by atomic mass is 16.3. The molecule has 0 aliphatic heterocycles. The summed E-state index contributed by atoms with van der Waals surface area (Å²) in [6.07, 6.45) is -0.246. The second kappa shape index (κ2) is 6.60. The molecule has 0 aromatic rings. The molecule has 1 atom stereocenters. The van der Waals surface area contributed by atoms with E-state index >= 15 is 0 Å². The van der Waals surface area contributed by atoms with Crippen molar-refractivity contribution in [1.82, 2.24) is 0 Å². The summed E-state index contributed by atoms with van der Waals surface area (Å²) in [5, 5.41) is 8.74. The predicted octanol–water partition coefficient (Wildman–Crippen LogP) is 0.833. The quantitative estimate of drug-likeness (QED) is 0.548. The van der Waals surface area contributed by atoms with Crippen LogP contribution in [-0.4, -0.2) is 17.4 Å². The number of carbonyl (C=O) groups excluding carboxylic acids is 2. The van der Waals surface area contributed by atoms with Gasteiger partial charge in [-0.3, -0.25) is 0 Å². The van der Waals surface area contributed by atoms with Crippen LogP contribution in [-0.2, 0) is 9.59 Å². The second-order valence-corrected chi connectivity index (χ2v) is 3.28. The van der Waals surface area contributed by atoms with Crippen molar-refractivity contribution in [3.8, 4) is 11.8 Å². The Hall–Kier alpha value is -1.10. The van der Waals surface area contributed by atoms with Crippen LogP contribution in [0, 0.1) is 17.3 Å². The average Bonchev–Trinajstić information content (AvgIpc) is 1.84. The van der Waals surface area contributed by atoms with Crippen molar-refractivity contribution in [3.63, 3.8) is 0 Å². The zero-order valence-corrected chi connectivity index (χ0v) is 7.84. The fourth-order valence-electron chi connectivity index (χ4n) is 0.321. The van der Waals surface area contributed by atoms with Gasteiger partial charge in [0.05, 0.1) is 0 Å². The molecule has 0 aliphatic carbocycles. The Labute approximate surface area is 72.8 Å². The lowest BCUT2D eigenvalue weighted by molar-refractivity contribution is -0.191. The lowest BCUT2D eigenvalue weighted by atomic mass is 9.98. The van der Waals surface area contributed by atoms with Crippen LogP contribution in [0.25, 0.3) is 0 Å². The first-order valence-corrected chi connectivity index (χ1v) is 3.53. The number of aliphatic hydroxyl groups excluding tert-OH is 1. The lowest BCUT2D eigenvalue weighted by Gasteiger charge is -2.06. The van der Waals surface area contributed by atoms with Gasteiger partial charge in [-0.2, -0.15) is 9.59 Å². The van der Waals surface area contributed by atoms with Gasteiger partial charge in [0.15, 0.2) is 0 Å². The third kappa shape index (κ3) is 23.1. The van der Waals surface area contributed by atoms with Gasteiger partial charge in [-0.25, -0.2) is 0 Å². The van der Waals surface area contributed by atoms with Crippen LogP contribution in [0.5, 0.6) is 0 Å². The van der Waals surface area contributed by atoms with Crippen LogP contribution in [0.4, 0.5) is 0 Å². The molecule has 0 heterocycles. The molecular formula is C9H14O3. The van der Waals surface area contributed by atoms with Crippen LogP contribution in [0.3, 0.4) is 0 Å². The van der Waals surface area contributed by atoms with Crippen LogP contribution >= 0.6 is 0 Å². The zero-order chi connectivity index (χ0) is 10.2. The molecule has 68 valence electrons. The molecule has 0 aromatic carbocycles. The molecule has 0 aromatic heterocycles. The third-order valence-electron chi connectivity index (χ3n) is 0.656. The summed E-state index contributed by atoms with van der Waals surface area (Å²) >= 11 is 0. The van der Waals surface area contributed by atoms with Crippen molar-refractivity contribution in [2.24, 2.45) is 5.41 Å².